The summed E-state index contributed by atoms with van der Waals surface area (Å²) in [6.45, 7) is 0. The summed E-state index contributed by atoms with van der Waals surface area (Å²) in [5.74, 6) is -0.444. The minimum atomic E-state index is -4.43. The minimum Gasteiger partial charge on any atom is -0.322 e. The Bertz CT molecular complexity index is 623. The number of amides is 1. The molecule has 0 aliphatic carbocycles. The van der Waals surface area contributed by atoms with Crippen molar-refractivity contribution in [2.75, 3.05) is 5.32 Å². The van der Waals surface area contributed by atoms with Gasteiger partial charge in [0.1, 0.15) is 0 Å². The van der Waals surface area contributed by atoms with E-state index in [1.165, 1.54) is 12.1 Å². The van der Waals surface area contributed by atoms with Crippen molar-refractivity contribution in [2.24, 2.45) is 0 Å². The Balaban J connectivity index is 2.18. The normalized spacial score (nSPS) is 11.2. The molecule has 0 atom stereocenters. The molecular formula is C14H9F3INO. The lowest BCUT2D eigenvalue weighted by Crippen LogP contribution is -2.13. The highest BCUT2D eigenvalue weighted by Crippen LogP contribution is 2.30. The average Bonchev–Trinajstić information content (AvgIpc) is 2.38. The summed E-state index contributed by atoms with van der Waals surface area (Å²) in [6.07, 6.45) is -4.43. The van der Waals surface area contributed by atoms with Gasteiger partial charge in [-0.2, -0.15) is 13.2 Å². The molecule has 2 aromatic rings. The predicted octanol–water partition coefficient (Wildman–Crippen LogP) is 4.56. The van der Waals surface area contributed by atoms with Gasteiger partial charge in [0.15, 0.2) is 0 Å². The van der Waals surface area contributed by atoms with Gasteiger partial charge in [-0.15, -0.1) is 0 Å². The van der Waals surface area contributed by atoms with Crippen LogP contribution in [0.15, 0.2) is 48.5 Å². The van der Waals surface area contributed by atoms with E-state index in [2.05, 4.69) is 27.9 Å². The summed E-state index contributed by atoms with van der Waals surface area (Å²) in [4.78, 5) is 11.9. The molecule has 0 saturated carbocycles. The van der Waals surface area contributed by atoms with Crippen LogP contribution in [0.4, 0.5) is 18.9 Å². The van der Waals surface area contributed by atoms with Crippen LogP contribution in [0, 0.1) is 3.57 Å². The molecule has 1 amide bonds. The zero-order chi connectivity index (χ0) is 14.8. The Hall–Kier alpha value is -1.57. The fourth-order valence-corrected chi connectivity index (χ4v) is 1.94. The summed E-state index contributed by atoms with van der Waals surface area (Å²) >= 11 is 2.10. The van der Waals surface area contributed by atoms with Crippen LogP contribution in [0.5, 0.6) is 0 Å². The predicted molar refractivity (Wildman–Crippen MR) is 78.6 cm³/mol. The molecule has 0 saturated heterocycles. The number of anilines is 1. The highest BCUT2D eigenvalue weighted by molar-refractivity contribution is 14.1. The molecule has 0 spiro atoms. The molecular weight excluding hydrogens is 382 g/mol. The van der Waals surface area contributed by atoms with Crippen LogP contribution in [-0.2, 0) is 6.18 Å². The maximum absolute atomic E-state index is 12.6. The number of alkyl halides is 3. The van der Waals surface area contributed by atoms with E-state index in [1.807, 2.05) is 0 Å². The van der Waals surface area contributed by atoms with Crippen molar-refractivity contribution >= 4 is 34.2 Å². The molecule has 2 rings (SSSR count). The molecule has 2 aromatic carbocycles. The van der Waals surface area contributed by atoms with Gasteiger partial charge in [-0.1, -0.05) is 6.07 Å². The van der Waals surface area contributed by atoms with Gasteiger partial charge >= 0.3 is 6.18 Å². The van der Waals surface area contributed by atoms with E-state index in [4.69, 9.17) is 0 Å². The van der Waals surface area contributed by atoms with Crippen LogP contribution in [0.1, 0.15) is 15.9 Å². The van der Waals surface area contributed by atoms with Gasteiger partial charge in [0.05, 0.1) is 5.56 Å². The molecule has 20 heavy (non-hydrogen) atoms. The standard InChI is InChI=1S/C14H9F3INO/c15-14(16,17)10-2-1-3-12(8-10)19-13(20)9-4-6-11(18)7-5-9/h1-8H,(H,19,20). The summed E-state index contributed by atoms with van der Waals surface area (Å²) < 4.78 is 38.6. The first-order valence-corrected chi connectivity index (χ1v) is 6.68. The minimum absolute atomic E-state index is 0.114. The molecule has 0 unspecified atom stereocenters. The summed E-state index contributed by atoms with van der Waals surface area (Å²) in [6, 6.07) is 11.3. The number of carbonyl (C=O) groups is 1. The van der Waals surface area contributed by atoms with E-state index in [0.717, 1.165) is 15.7 Å². The first kappa shape index (κ1) is 14.8. The van der Waals surface area contributed by atoms with E-state index in [0.29, 0.717) is 5.56 Å². The van der Waals surface area contributed by atoms with E-state index >= 15 is 0 Å². The topological polar surface area (TPSA) is 29.1 Å². The molecule has 0 radical (unpaired) electrons. The van der Waals surface area contributed by atoms with E-state index in [-0.39, 0.29) is 5.69 Å². The van der Waals surface area contributed by atoms with Gasteiger partial charge in [-0.3, -0.25) is 4.79 Å². The Morgan fingerprint density at radius 1 is 1.05 bits per heavy atom. The lowest BCUT2D eigenvalue weighted by molar-refractivity contribution is -0.137. The van der Waals surface area contributed by atoms with Crippen molar-refractivity contribution in [3.63, 3.8) is 0 Å². The molecule has 0 heterocycles. The summed E-state index contributed by atoms with van der Waals surface area (Å²) in [5, 5.41) is 2.45. The highest BCUT2D eigenvalue weighted by Gasteiger charge is 2.30. The van der Waals surface area contributed by atoms with Crippen LogP contribution in [-0.4, -0.2) is 5.91 Å². The second kappa shape index (κ2) is 5.82. The summed E-state index contributed by atoms with van der Waals surface area (Å²) in [7, 11) is 0. The van der Waals surface area contributed by atoms with Crippen LogP contribution >= 0.6 is 22.6 Å². The Kier molecular flexibility index (Phi) is 4.32. The molecule has 0 aliphatic heterocycles. The third-order valence-corrected chi connectivity index (χ3v) is 3.27. The Morgan fingerprint density at radius 2 is 1.70 bits per heavy atom. The smallest absolute Gasteiger partial charge is 0.322 e. The lowest BCUT2D eigenvalue weighted by Gasteiger charge is -2.10. The van der Waals surface area contributed by atoms with Crippen molar-refractivity contribution < 1.29 is 18.0 Å². The van der Waals surface area contributed by atoms with E-state index < -0.39 is 17.6 Å². The fourth-order valence-electron chi connectivity index (χ4n) is 1.58. The van der Waals surface area contributed by atoms with E-state index in [1.54, 1.807) is 24.3 Å². The third kappa shape index (κ3) is 3.72. The lowest BCUT2D eigenvalue weighted by atomic mass is 10.1. The van der Waals surface area contributed by atoms with Crippen molar-refractivity contribution in [1.29, 1.82) is 0 Å². The fraction of sp³-hybridized carbons (Fsp3) is 0.0714. The monoisotopic (exact) mass is 391 g/mol. The Morgan fingerprint density at radius 3 is 2.30 bits per heavy atom. The van der Waals surface area contributed by atoms with Gasteiger partial charge in [0.2, 0.25) is 0 Å². The number of carbonyl (C=O) groups excluding carboxylic acids is 1. The molecule has 6 heteroatoms. The number of rotatable bonds is 2. The van der Waals surface area contributed by atoms with Crippen molar-refractivity contribution in [1.82, 2.24) is 0 Å². The number of hydrogen-bond donors (Lipinski definition) is 1. The zero-order valence-corrected chi connectivity index (χ0v) is 12.2. The van der Waals surface area contributed by atoms with E-state index in [9.17, 15) is 18.0 Å². The molecule has 0 aromatic heterocycles. The quantitative estimate of drug-likeness (QED) is 0.748. The van der Waals surface area contributed by atoms with Gasteiger partial charge < -0.3 is 5.32 Å². The second-order valence-corrected chi connectivity index (χ2v) is 5.29. The summed E-state index contributed by atoms with van der Waals surface area (Å²) in [5.41, 5.74) is -0.288. The van der Waals surface area contributed by atoms with Gasteiger partial charge in [0, 0.05) is 14.8 Å². The SMILES string of the molecule is O=C(Nc1cccc(C(F)(F)F)c1)c1ccc(I)cc1. The first-order chi connectivity index (χ1) is 9.36. The third-order valence-electron chi connectivity index (χ3n) is 2.55. The zero-order valence-electron chi connectivity index (χ0n) is 10.0. The molecule has 0 aliphatic rings. The van der Waals surface area contributed by atoms with Crippen molar-refractivity contribution in [3.05, 3.63) is 63.2 Å². The Labute approximate surface area is 127 Å². The second-order valence-electron chi connectivity index (χ2n) is 4.04. The van der Waals surface area contributed by atoms with Gasteiger partial charge in [-0.05, 0) is 65.1 Å². The van der Waals surface area contributed by atoms with Gasteiger partial charge in [0.25, 0.3) is 5.91 Å². The molecule has 0 fully saturated rings. The maximum Gasteiger partial charge on any atom is 0.416 e. The number of nitrogens with one attached hydrogen (secondary N) is 1. The van der Waals surface area contributed by atoms with Crippen LogP contribution in [0.2, 0.25) is 0 Å². The maximum atomic E-state index is 12.6. The van der Waals surface area contributed by atoms with Gasteiger partial charge in [-0.25, -0.2) is 0 Å². The number of hydrogen-bond acceptors (Lipinski definition) is 1. The van der Waals surface area contributed by atoms with Crippen LogP contribution < -0.4 is 5.32 Å². The molecule has 2 nitrogen and oxygen atoms in total. The number of benzene rings is 2. The van der Waals surface area contributed by atoms with Crippen molar-refractivity contribution in [3.8, 4) is 0 Å². The highest BCUT2D eigenvalue weighted by atomic mass is 127. The molecule has 104 valence electrons. The molecule has 1 N–H and O–H groups in total. The average molecular weight is 391 g/mol. The molecule has 0 bridgehead atoms. The number of halogens is 4. The van der Waals surface area contributed by atoms with Crippen LogP contribution in [0.25, 0.3) is 0 Å². The van der Waals surface area contributed by atoms with Crippen molar-refractivity contribution in [2.45, 2.75) is 6.18 Å². The first-order valence-electron chi connectivity index (χ1n) is 5.60. The van der Waals surface area contributed by atoms with Crippen LogP contribution in [0.3, 0.4) is 0 Å². The largest absolute Gasteiger partial charge is 0.416 e.